The van der Waals surface area contributed by atoms with Crippen LogP contribution in [0.25, 0.3) is 10.8 Å². The number of hydrogen-bond donors (Lipinski definition) is 2. The van der Waals surface area contributed by atoms with E-state index in [0.29, 0.717) is 23.5 Å². The highest BCUT2D eigenvalue weighted by Crippen LogP contribution is 2.25. The molecule has 4 aromatic rings. The molecule has 0 aromatic heterocycles. The van der Waals surface area contributed by atoms with E-state index < -0.39 is 0 Å². The van der Waals surface area contributed by atoms with Crippen LogP contribution in [0.15, 0.2) is 90.0 Å². The molecular formula is C25H19FN2O3. The monoisotopic (exact) mass is 414 g/mol. The van der Waals surface area contributed by atoms with Gasteiger partial charge in [0.15, 0.2) is 0 Å². The first-order valence-electron chi connectivity index (χ1n) is 9.61. The number of benzene rings is 4. The molecule has 0 unspecified atom stereocenters. The highest BCUT2D eigenvalue weighted by Gasteiger charge is 2.07. The molecule has 2 N–H and O–H groups in total. The highest BCUT2D eigenvalue weighted by atomic mass is 19.1. The van der Waals surface area contributed by atoms with Crippen LogP contribution in [0.2, 0.25) is 0 Å². The van der Waals surface area contributed by atoms with Gasteiger partial charge in [0.05, 0.1) is 6.21 Å². The Kier molecular flexibility index (Phi) is 5.89. The van der Waals surface area contributed by atoms with Crippen molar-refractivity contribution >= 4 is 22.9 Å². The van der Waals surface area contributed by atoms with Gasteiger partial charge in [-0.05, 0) is 58.8 Å². The normalized spacial score (nSPS) is 11.0. The standard InChI is InChI=1S/C25H19FN2O3/c26-20-10-5-17(6-11-20)16-31-21-12-7-19(8-13-21)25(30)28-27-15-23-22-4-2-1-3-18(22)9-14-24(23)29/h1-15,29H,16H2,(H,28,30)/b27-15-. The second kappa shape index (κ2) is 9.09. The van der Waals surface area contributed by atoms with Crippen LogP contribution in [-0.2, 0) is 6.61 Å². The van der Waals surface area contributed by atoms with Crippen molar-refractivity contribution in [3.8, 4) is 11.5 Å². The summed E-state index contributed by atoms with van der Waals surface area (Å²) < 4.78 is 18.6. The Labute approximate surface area is 178 Å². The smallest absolute Gasteiger partial charge is 0.271 e. The minimum Gasteiger partial charge on any atom is -0.507 e. The van der Waals surface area contributed by atoms with Crippen molar-refractivity contribution < 1.29 is 19.0 Å². The van der Waals surface area contributed by atoms with Gasteiger partial charge in [-0.3, -0.25) is 4.79 Å². The summed E-state index contributed by atoms with van der Waals surface area (Å²) in [6.07, 6.45) is 1.43. The van der Waals surface area contributed by atoms with Gasteiger partial charge in [-0.15, -0.1) is 0 Å². The molecular weight excluding hydrogens is 395 g/mol. The summed E-state index contributed by atoms with van der Waals surface area (Å²) in [6, 6.07) is 23.7. The number of carbonyl (C=O) groups is 1. The number of halogens is 1. The molecule has 0 bridgehead atoms. The number of amides is 1. The summed E-state index contributed by atoms with van der Waals surface area (Å²) in [4.78, 5) is 12.3. The van der Waals surface area contributed by atoms with Gasteiger partial charge in [-0.2, -0.15) is 5.10 Å². The van der Waals surface area contributed by atoms with Crippen molar-refractivity contribution in [1.29, 1.82) is 0 Å². The summed E-state index contributed by atoms with van der Waals surface area (Å²) in [6.45, 7) is 0.296. The van der Waals surface area contributed by atoms with Gasteiger partial charge < -0.3 is 9.84 Å². The first-order chi connectivity index (χ1) is 15.1. The molecule has 4 rings (SSSR count). The number of carbonyl (C=O) groups excluding carboxylic acids is 1. The third-order valence-corrected chi connectivity index (χ3v) is 4.74. The van der Waals surface area contributed by atoms with E-state index in [9.17, 15) is 14.3 Å². The molecule has 0 aliphatic heterocycles. The van der Waals surface area contributed by atoms with Crippen LogP contribution in [-0.4, -0.2) is 17.2 Å². The van der Waals surface area contributed by atoms with Crippen LogP contribution in [0.3, 0.4) is 0 Å². The van der Waals surface area contributed by atoms with Crippen LogP contribution in [0, 0.1) is 5.82 Å². The number of nitrogens with one attached hydrogen (secondary N) is 1. The first kappa shape index (κ1) is 20.1. The number of hydrazone groups is 1. The molecule has 31 heavy (non-hydrogen) atoms. The van der Waals surface area contributed by atoms with Gasteiger partial charge >= 0.3 is 0 Å². The molecule has 0 saturated carbocycles. The Morgan fingerprint density at radius 2 is 1.71 bits per heavy atom. The average molecular weight is 414 g/mol. The van der Waals surface area contributed by atoms with Crippen molar-refractivity contribution in [2.75, 3.05) is 0 Å². The molecule has 0 atom stereocenters. The van der Waals surface area contributed by atoms with Crippen LogP contribution in [0.1, 0.15) is 21.5 Å². The largest absolute Gasteiger partial charge is 0.507 e. The average Bonchev–Trinajstić information content (AvgIpc) is 2.80. The summed E-state index contributed by atoms with van der Waals surface area (Å²) in [5.74, 6) is -0.0112. The fraction of sp³-hybridized carbons (Fsp3) is 0.0400. The van der Waals surface area contributed by atoms with E-state index in [4.69, 9.17) is 4.74 Å². The number of fused-ring (bicyclic) bond motifs is 1. The molecule has 0 spiro atoms. The maximum absolute atomic E-state index is 12.9. The van der Waals surface area contributed by atoms with Gasteiger partial charge in [-0.25, -0.2) is 9.82 Å². The zero-order chi connectivity index (χ0) is 21.6. The summed E-state index contributed by atoms with van der Waals surface area (Å²) in [5, 5.41) is 15.9. The van der Waals surface area contributed by atoms with E-state index in [1.807, 2.05) is 30.3 Å². The fourth-order valence-electron chi connectivity index (χ4n) is 3.09. The highest BCUT2D eigenvalue weighted by molar-refractivity contribution is 6.03. The third kappa shape index (κ3) is 4.87. The van der Waals surface area contributed by atoms with Crippen molar-refractivity contribution in [1.82, 2.24) is 5.43 Å². The maximum atomic E-state index is 12.9. The molecule has 0 saturated heterocycles. The van der Waals surface area contributed by atoms with Crippen LogP contribution < -0.4 is 10.2 Å². The summed E-state index contributed by atoms with van der Waals surface area (Å²) >= 11 is 0. The zero-order valence-electron chi connectivity index (χ0n) is 16.5. The Morgan fingerprint density at radius 1 is 0.968 bits per heavy atom. The minimum absolute atomic E-state index is 0.0827. The molecule has 5 nitrogen and oxygen atoms in total. The predicted molar refractivity (Wildman–Crippen MR) is 118 cm³/mol. The zero-order valence-corrected chi connectivity index (χ0v) is 16.5. The Balaban J connectivity index is 1.38. The number of ether oxygens (including phenoxy) is 1. The lowest BCUT2D eigenvalue weighted by Gasteiger charge is -2.07. The van der Waals surface area contributed by atoms with Crippen molar-refractivity contribution in [2.45, 2.75) is 6.61 Å². The molecule has 4 aromatic carbocycles. The van der Waals surface area contributed by atoms with E-state index in [1.165, 1.54) is 18.3 Å². The Morgan fingerprint density at radius 3 is 2.48 bits per heavy atom. The summed E-state index contributed by atoms with van der Waals surface area (Å²) in [7, 11) is 0. The lowest BCUT2D eigenvalue weighted by Crippen LogP contribution is -2.17. The Bertz CT molecular complexity index is 1240. The van der Waals surface area contributed by atoms with Crippen molar-refractivity contribution in [2.24, 2.45) is 5.10 Å². The number of nitrogens with zero attached hydrogens (tertiary/aromatic N) is 1. The molecule has 1 amide bonds. The Hall–Kier alpha value is -4.19. The number of phenols is 1. The first-order valence-corrected chi connectivity index (χ1v) is 9.61. The van der Waals surface area contributed by atoms with E-state index in [-0.39, 0.29) is 17.5 Å². The predicted octanol–water partition coefficient (Wildman–Crippen LogP) is 5.03. The number of hydrogen-bond acceptors (Lipinski definition) is 4. The second-order valence-electron chi connectivity index (χ2n) is 6.86. The molecule has 0 fully saturated rings. The SMILES string of the molecule is O=C(N/N=C\c1c(O)ccc2ccccc12)c1ccc(OCc2ccc(F)cc2)cc1. The summed E-state index contributed by atoms with van der Waals surface area (Å²) in [5.41, 5.74) is 4.25. The maximum Gasteiger partial charge on any atom is 0.271 e. The van der Waals surface area contributed by atoms with Crippen LogP contribution >= 0.6 is 0 Å². The quantitative estimate of drug-likeness (QED) is 0.343. The molecule has 6 heteroatoms. The molecule has 0 heterocycles. The van der Waals surface area contributed by atoms with E-state index in [1.54, 1.807) is 42.5 Å². The van der Waals surface area contributed by atoms with Crippen molar-refractivity contribution in [3.05, 3.63) is 107 Å². The van der Waals surface area contributed by atoms with Crippen LogP contribution in [0.4, 0.5) is 4.39 Å². The number of rotatable bonds is 6. The van der Waals surface area contributed by atoms with Gasteiger partial charge in [0.25, 0.3) is 5.91 Å². The third-order valence-electron chi connectivity index (χ3n) is 4.74. The number of phenolic OH excluding ortho intramolecular Hbond substituents is 1. The van der Waals surface area contributed by atoms with Gasteiger partial charge in [-0.1, -0.05) is 42.5 Å². The fourth-order valence-corrected chi connectivity index (χ4v) is 3.09. The molecule has 154 valence electrons. The molecule has 0 aliphatic carbocycles. The van der Waals surface area contributed by atoms with E-state index in [0.717, 1.165) is 16.3 Å². The number of aromatic hydroxyl groups is 1. The lowest BCUT2D eigenvalue weighted by atomic mass is 10.0. The van der Waals surface area contributed by atoms with Crippen LogP contribution in [0.5, 0.6) is 11.5 Å². The van der Waals surface area contributed by atoms with E-state index in [2.05, 4.69) is 10.5 Å². The topological polar surface area (TPSA) is 70.9 Å². The van der Waals surface area contributed by atoms with Gasteiger partial charge in [0.2, 0.25) is 0 Å². The molecule has 0 aliphatic rings. The lowest BCUT2D eigenvalue weighted by molar-refractivity contribution is 0.0955. The van der Waals surface area contributed by atoms with Crippen molar-refractivity contribution in [3.63, 3.8) is 0 Å². The second-order valence-corrected chi connectivity index (χ2v) is 6.86. The van der Waals surface area contributed by atoms with Gasteiger partial charge in [0, 0.05) is 11.1 Å². The minimum atomic E-state index is -0.388. The molecule has 0 radical (unpaired) electrons. The van der Waals surface area contributed by atoms with Gasteiger partial charge in [0.1, 0.15) is 23.9 Å². The van der Waals surface area contributed by atoms with E-state index >= 15 is 0 Å².